The van der Waals surface area contributed by atoms with Crippen molar-refractivity contribution in [3.8, 4) is 5.75 Å². The van der Waals surface area contributed by atoms with E-state index in [1.54, 1.807) is 11.4 Å². The van der Waals surface area contributed by atoms with E-state index in [1.807, 2.05) is 48.5 Å². The summed E-state index contributed by atoms with van der Waals surface area (Å²) in [4.78, 5) is 2.49. The number of ether oxygens (including phenoxy) is 1. The van der Waals surface area contributed by atoms with Crippen molar-refractivity contribution in [2.75, 3.05) is 20.1 Å². The summed E-state index contributed by atoms with van der Waals surface area (Å²) in [5.74, 6) is 0.784. The van der Waals surface area contributed by atoms with Crippen molar-refractivity contribution in [1.29, 1.82) is 0 Å². The molecule has 2 bridgehead atoms. The van der Waals surface area contributed by atoms with Crippen LogP contribution in [0.5, 0.6) is 5.75 Å². The van der Waals surface area contributed by atoms with Gasteiger partial charge in [-0.2, -0.15) is 4.31 Å². The molecule has 1 N–H and O–H groups in total. The van der Waals surface area contributed by atoms with Crippen LogP contribution in [-0.2, 0) is 34.0 Å². The second-order valence-corrected chi connectivity index (χ2v) is 13.9. The number of nitrogens with zero attached hydrogens (tertiary/aromatic N) is 2. The fraction of sp³-hybridized carbons (Fsp3) is 0.438. The molecule has 1 saturated heterocycles. The van der Waals surface area contributed by atoms with Gasteiger partial charge >= 0.3 is 0 Å². The van der Waals surface area contributed by atoms with Gasteiger partial charge in [0.25, 0.3) is 0 Å². The van der Waals surface area contributed by atoms with E-state index in [4.69, 9.17) is 4.74 Å². The molecule has 2 aliphatic heterocycles. The minimum absolute atomic E-state index is 0.0194. The molecule has 39 heavy (non-hydrogen) atoms. The lowest BCUT2D eigenvalue weighted by molar-refractivity contribution is -0.195. The first-order valence-corrected chi connectivity index (χ1v) is 15.7. The summed E-state index contributed by atoms with van der Waals surface area (Å²) in [7, 11) is -1.89. The van der Waals surface area contributed by atoms with Crippen LogP contribution in [0.15, 0.2) is 78.9 Å². The fourth-order valence-electron chi connectivity index (χ4n) is 8.23. The molecule has 0 aromatic heterocycles. The van der Waals surface area contributed by atoms with Gasteiger partial charge in [-0.3, -0.25) is 4.90 Å². The zero-order chi connectivity index (χ0) is 26.8. The van der Waals surface area contributed by atoms with Crippen molar-refractivity contribution in [1.82, 2.24) is 9.21 Å². The predicted octanol–water partition coefficient (Wildman–Crippen LogP) is 3.91. The quantitative estimate of drug-likeness (QED) is 0.489. The number of piperidine rings is 1. The number of aliphatic hydroxyl groups is 1. The molecule has 2 heterocycles. The Kier molecular flexibility index (Phi) is 5.94. The summed E-state index contributed by atoms with van der Waals surface area (Å²) in [5.41, 5.74) is 2.88. The van der Waals surface area contributed by atoms with Gasteiger partial charge in [0.15, 0.2) is 0 Å². The molecule has 5 atom stereocenters. The maximum atomic E-state index is 13.6. The van der Waals surface area contributed by atoms with E-state index >= 15 is 0 Å². The van der Waals surface area contributed by atoms with Crippen LogP contribution < -0.4 is 4.74 Å². The highest BCUT2D eigenvalue weighted by Crippen LogP contribution is 2.64. The number of likely N-dealkylation sites (tertiary alicyclic amines) is 1. The molecule has 4 aliphatic rings. The second kappa shape index (κ2) is 9.16. The maximum absolute atomic E-state index is 13.6. The first kappa shape index (κ1) is 25.3. The molecule has 2 fully saturated rings. The van der Waals surface area contributed by atoms with E-state index in [9.17, 15) is 13.5 Å². The second-order valence-electron chi connectivity index (χ2n) is 11.8. The van der Waals surface area contributed by atoms with Crippen molar-refractivity contribution >= 4 is 10.0 Å². The van der Waals surface area contributed by atoms with E-state index in [-0.39, 0.29) is 17.8 Å². The minimum Gasteiger partial charge on any atom is -0.487 e. The number of sulfonamides is 1. The predicted molar refractivity (Wildman–Crippen MR) is 151 cm³/mol. The summed E-state index contributed by atoms with van der Waals surface area (Å²) in [6.45, 7) is 1.75. The fourth-order valence-corrected chi connectivity index (χ4v) is 9.67. The Labute approximate surface area is 231 Å². The van der Waals surface area contributed by atoms with E-state index in [0.29, 0.717) is 12.8 Å². The molecule has 6 nitrogen and oxygen atoms in total. The zero-order valence-electron chi connectivity index (χ0n) is 22.4. The van der Waals surface area contributed by atoms with E-state index in [2.05, 4.69) is 35.2 Å². The third kappa shape index (κ3) is 3.74. The molecule has 3 aromatic carbocycles. The van der Waals surface area contributed by atoms with Gasteiger partial charge in [0, 0.05) is 25.2 Å². The molecule has 0 amide bonds. The highest BCUT2D eigenvalue weighted by Gasteiger charge is 2.73. The van der Waals surface area contributed by atoms with Gasteiger partial charge in [0.05, 0.1) is 22.8 Å². The van der Waals surface area contributed by atoms with Crippen LogP contribution in [-0.4, -0.2) is 66.7 Å². The molecule has 0 unspecified atom stereocenters. The van der Waals surface area contributed by atoms with Crippen LogP contribution in [0.2, 0.25) is 0 Å². The lowest BCUT2D eigenvalue weighted by atomic mass is 9.48. The largest absolute Gasteiger partial charge is 0.487 e. The van der Waals surface area contributed by atoms with Crippen molar-refractivity contribution in [2.24, 2.45) is 0 Å². The van der Waals surface area contributed by atoms with Gasteiger partial charge in [-0.25, -0.2) is 8.42 Å². The van der Waals surface area contributed by atoms with Gasteiger partial charge in [-0.1, -0.05) is 72.8 Å². The van der Waals surface area contributed by atoms with E-state index < -0.39 is 27.1 Å². The summed E-state index contributed by atoms with van der Waals surface area (Å²) < 4.78 is 35.5. The Morgan fingerprint density at radius 1 is 0.974 bits per heavy atom. The molecule has 1 saturated carbocycles. The van der Waals surface area contributed by atoms with Crippen LogP contribution in [0, 0.1) is 0 Å². The number of rotatable bonds is 7. The van der Waals surface area contributed by atoms with Gasteiger partial charge in [-0.15, -0.1) is 0 Å². The smallest absolute Gasteiger partial charge is 0.218 e. The highest BCUT2D eigenvalue weighted by atomic mass is 32.2. The Balaban J connectivity index is 1.23. The number of benzene rings is 3. The van der Waals surface area contributed by atoms with Crippen LogP contribution in [0.4, 0.5) is 0 Å². The molecule has 1 spiro atoms. The molecule has 3 aromatic rings. The van der Waals surface area contributed by atoms with Gasteiger partial charge < -0.3 is 9.84 Å². The average molecular weight is 545 g/mol. The Morgan fingerprint density at radius 3 is 2.44 bits per heavy atom. The average Bonchev–Trinajstić information content (AvgIpc) is 3.28. The van der Waals surface area contributed by atoms with Crippen LogP contribution in [0.25, 0.3) is 0 Å². The molecule has 0 radical (unpaired) electrons. The Morgan fingerprint density at radius 2 is 1.69 bits per heavy atom. The monoisotopic (exact) mass is 544 g/mol. The lowest BCUT2D eigenvalue weighted by Gasteiger charge is -2.64. The SMILES string of the molecule is CN([C@H]1CC[C@@]2(O)[C@H]3Cc4cccc5c4[C@@]2(CCN3CCc2ccccc2)[C@H]1O5)S(=O)(=O)Cc1ccccc1. The Bertz CT molecular complexity index is 1480. The third-order valence-electron chi connectivity index (χ3n) is 10.1. The Hall–Kier alpha value is -2.71. The summed E-state index contributed by atoms with van der Waals surface area (Å²) >= 11 is 0. The van der Waals surface area contributed by atoms with Gasteiger partial charge in [0.2, 0.25) is 10.0 Å². The van der Waals surface area contributed by atoms with Crippen LogP contribution >= 0.6 is 0 Å². The highest BCUT2D eigenvalue weighted by molar-refractivity contribution is 7.88. The minimum atomic E-state index is -3.59. The molecular formula is C32H36N2O4S. The third-order valence-corrected chi connectivity index (χ3v) is 11.9. The number of hydrogen-bond donors (Lipinski definition) is 1. The summed E-state index contributed by atoms with van der Waals surface area (Å²) in [5, 5.41) is 12.7. The normalized spacial score (nSPS) is 31.1. The van der Waals surface area contributed by atoms with Crippen LogP contribution in [0.3, 0.4) is 0 Å². The standard InChI is InChI=1S/C32H36N2O4S/c1-33(39(36,37)22-24-11-6-3-7-12-24)26-15-17-32(35)28-21-25-13-8-14-27-29(25)31(32,30(26)38-27)18-20-34(28)19-16-23-9-4-2-5-10-23/h2-14,26,28,30,35H,15-22H2,1H3/t26-,28+,30-,31-,32+/m0/s1. The van der Waals surface area contributed by atoms with Crippen molar-refractivity contribution in [2.45, 2.75) is 67.1 Å². The topological polar surface area (TPSA) is 70.1 Å². The number of hydrogen-bond acceptors (Lipinski definition) is 5. The summed E-state index contributed by atoms with van der Waals surface area (Å²) in [6.07, 6.45) is 3.20. The first-order valence-electron chi connectivity index (χ1n) is 14.1. The van der Waals surface area contributed by atoms with Crippen molar-refractivity contribution in [3.63, 3.8) is 0 Å². The molecule has 7 heteroatoms. The number of likely N-dealkylation sites (N-methyl/N-ethyl adjacent to an activating group) is 1. The van der Waals surface area contributed by atoms with Gasteiger partial charge in [-0.05, 0) is 61.4 Å². The lowest BCUT2D eigenvalue weighted by Crippen LogP contribution is -2.78. The van der Waals surface area contributed by atoms with Crippen molar-refractivity contribution < 1.29 is 18.3 Å². The summed E-state index contributed by atoms with van der Waals surface area (Å²) in [6, 6.07) is 25.8. The molecule has 204 valence electrons. The molecule has 7 rings (SSSR count). The first-order chi connectivity index (χ1) is 18.8. The van der Waals surface area contributed by atoms with E-state index in [0.717, 1.165) is 49.2 Å². The molecular weight excluding hydrogens is 508 g/mol. The van der Waals surface area contributed by atoms with E-state index in [1.165, 1.54) is 11.1 Å². The zero-order valence-corrected chi connectivity index (χ0v) is 23.2. The molecule has 2 aliphatic carbocycles. The maximum Gasteiger partial charge on any atom is 0.218 e. The van der Waals surface area contributed by atoms with Crippen LogP contribution in [0.1, 0.15) is 41.5 Å². The van der Waals surface area contributed by atoms with Gasteiger partial charge in [0.1, 0.15) is 11.9 Å². The van der Waals surface area contributed by atoms with Crippen molar-refractivity contribution in [3.05, 3.63) is 101 Å².